The normalized spacial score (nSPS) is 15.3. The van der Waals surface area contributed by atoms with Crippen LogP contribution in [0.15, 0.2) is 54.6 Å². The zero-order valence-corrected chi connectivity index (χ0v) is 16.9. The standard InChI is InChI=1S/C23H29N3O2/c1-18-9-11-20(12-10-18)24-21(27)23(2,3)22(28)26-15-13-25(14-16-26)17-19-7-5-4-6-8-19/h4-12H,13-17H2,1-3H3,(H,24,27). The van der Waals surface area contributed by atoms with Gasteiger partial charge < -0.3 is 10.2 Å². The molecule has 0 aliphatic carbocycles. The summed E-state index contributed by atoms with van der Waals surface area (Å²) in [4.78, 5) is 29.9. The van der Waals surface area contributed by atoms with Gasteiger partial charge in [-0.1, -0.05) is 48.0 Å². The zero-order chi connectivity index (χ0) is 20.1. The topological polar surface area (TPSA) is 52.7 Å². The Balaban J connectivity index is 1.55. The van der Waals surface area contributed by atoms with Crippen LogP contribution in [0.5, 0.6) is 0 Å². The SMILES string of the molecule is Cc1ccc(NC(=O)C(C)(C)C(=O)N2CCN(Cc3ccccc3)CC2)cc1. The van der Waals surface area contributed by atoms with Gasteiger partial charge in [-0.25, -0.2) is 0 Å². The number of amides is 2. The maximum Gasteiger partial charge on any atom is 0.239 e. The van der Waals surface area contributed by atoms with Gasteiger partial charge >= 0.3 is 0 Å². The molecule has 5 heteroatoms. The van der Waals surface area contributed by atoms with E-state index in [0.29, 0.717) is 18.8 Å². The molecule has 0 unspecified atom stereocenters. The van der Waals surface area contributed by atoms with Gasteiger partial charge in [-0.3, -0.25) is 14.5 Å². The first kappa shape index (κ1) is 20.1. The van der Waals surface area contributed by atoms with Gasteiger partial charge in [0, 0.05) is 38.4 Å². The van der Waals surface area contributed by atoms with Crippen LogP contribution >= 0.6 is 0 Å². The number of anilines is 1. The molecular formula is C23H29N3O2. The van der Waals surface area contributed by atoms with E-state index in [9.17, 15) is 9.59 Å². The molecule has 3 rings (SSSR count). The van der Waals surface area contributed by atoms with Crippen LogP contribution in [-0.4, -0.2) is 47.8 Å². The largest absolute Gasteiger partial charge is 0.339 e. The molecule has 1 aliphatic heterocycles. The van der Waals surface area contributed by atoms with Crippen molar-refractivity contribution in [3.05, 3.63) is 65.7 Å². The summed E-state index contributed by atoms with van der Waals surface area (Å²) in [5.41, 5.74) is 2.01. The van der Waals surface area contributed by atoms with Gasteiger partial charge in [-0.2, -0.15) is 0 Å². The van der Waals surface area contributed by atoms with Crippen molar-refractivity contribution in [1.29, 1.82) is 0 Å². The monoisotopic (exact) mass is 379 g/mol. The number of nitrogens with one attached hydrogen (secondary N) is 1. The molecule has 1 N–H and O–H groups in total. The molecule has 28 heavy (non-hydrogen) atoms. The Morgan fingerprint density at radius 1 is 0.929 bits per heavy atom. The molecule has 0 saturated carbocycles. The lowest BCUT2D eigenvalue weighted by Gasteiger charge is -2.38. The average Bonchev–Trinajstić information content (AvgIpc) is 2.70. The van der Waals surface area contributed by atoms with Crippen LogP contribution in [0.1, 0.15) is 25.0 Å². The molecule has 5 nitrogen and oxygen atoms in total. The van der Waals surface area contributed by atoms with Crippen LogP contribution < -0.4 is 5.32 Å². The first-order valence-electron chi connectivity index (χ1n) is 9.80. The Labute approximate surface area is 167 Å². The highest BCUT2D eigenvalue weighted by molar-refractivity contribution is 6.09. The Morgan fingerprint density at radius 2 is 1.54 bits per heavy atom. The van der Waals surface area contributed by atoms with Crippen molar-refractivity contribution in [2.24, 2.45) is 5.41 Å². The third-order valence-corrected chi connectivity index (χ3v) is 5.32. The second-order valence-electron chi connectivity index (χ2n) is 8.00. The Bertz CT molecular complexity index is 808. The number of nitrogens with zero attached hydrogens (tertiary/aromatic N) is 2. The van der Waals surface area contributed by atoms with Gasteiger partial charge in [-0.05, 0) is 38.5 Å². The zero-order valence-electron chi connectivity index (χ0n) is 16.9. The number of aryl methyl sites for hydroxylation is 1. The minimum Gasteiger partial charge on any atom is -0.339 e. The molecule has 1 aliphatic rings. The van der Waals surface area contributed by atoms with Crippen LogP contribution in [0.4, 0.5) is 5.69 Å². The van der Waals surface area contributed by atoms with Gasteiger partial charge in [0.05, 0.1) is 0 Å². The van der Waals surface area contributed by atoms with Gasteiger partial charge in [0.2, 0.25) is 11.8 Å². The van der Waals surface area contributed by atoms with Crippen molar-refractivity contribution in [3.8, 4) is 0 Å². The summed E-state index contributed by atoms with van der Waals surface area (Å²) in [6, 6.07) is 17.9. The summed E-state index contributed by atoms with van der Waals surface area (Å²) < 4.78 is 0. The van der Waals surface area contributed by atoms with Crippen molar-refractivity contribution < 1.29 is 9.59 Å². The third kappa shape index (κ3) is 4.78. The van der Waals surface area contributed by atoms with Gasteiger partial charge in [0.25, 0.3) is 0 Å². The number of benzene rings is 2. The molecule has 0 bridgehead atoms. The van der Waals surface area contributed by atoms with Gasteiger partial charge in [0.15, 0.2) is 0 Å². The molecule has 1 fully saturated rings. The predicted octanol–water partition coefficient (Wildman–Crippen LogP) is 3.30. The lowest BCUT2D eigenvalue weighted by Crippen LogP contribution is -2.54. The van der Waals surface area contributed by atoms with E-state index in [-0.39, 0.29) is 11.8 Å². The number of hydrogen-bond donors (Lipinski definition) is 1. The highest BCUT2D eigenvalue weighted by atomic mass is 16.2. The molecule has 1 heterocycles. The van der Waals surface area contributed by atoms with Crippen LogP contribution in [0.3, 0.4) is 0 Å². The molecule has 2 amide bonds. The Kier molecular flexibility index (Phi) is 6.15. The van der Waals surface area contributed by atoms with E-state index in [1.54, 1.807) is 13.8 Å². The van der Waals surface area contributed by atoms with Gasteiger partial charge in [-0.15, -0.1) is 0 Å². The van der Waals surface area contributed by atoms with E-state index in [1.807, 2.05) is 54.3 Å². The van der Waals surface area contributed by atoms with Crippen LogP contribution in [0, 0.1) is 12.3 Å². The molecule has 0 spiro atoms. The second kappa shape index (κ2) is 8.57. The number of piperazine rings is 1. The number of hydrogen-bond acceptors (Lipinski definition) is 3. The fourth-order valence-corrected chi connectivity index (χ4v) is 3.37. The first-order valence-corrected chi connectivity index (χ1v) is 9.80. The highest BCUT2D eigenvalue weighted by Crippen LogP contribution is 2.23. The summed E-state index contributed by atoms with van der Waals surface area (Å²) in [5, 5.41) is 2.87. The third-order valence-electron chi connectivity index (χ3n) is 5.32. The van der Waals surface area contributed by atoms with E-state index in [2.05, 4.69) is 22.3 Å². The van der Waals surface area contributed by atoms with Crippen LogP contribution in [0.2, 0.25) is 0 Å². The number of rotatable bonds is 5. The quantitative estimate of drug-likeness (QED) is 0.811. The lowest BCUT2D eigenvalue weighted by molar-refractivity contribution is -0.147. The first-order chi connectivity index (χ1) is 13.4. The number of carbonyl (C=O) groups excluding carboxylic acids is 2. The minimum atomic E-state index is -1.10. The molecule has 2 aromatic carbocycles. The Hall–Kier alpha value is -2.66. The molecular weight excluding hydrogens is 350 g/mol. The molecule has 0 radical (unpaired) electrons. The van der Waals surface area contributed by atoms with E-state index in [1.165, 1.54) is 5.56 Å². The summed E-state index contributed by atoms with van der Waals surface area (Å²) in [5.74, 6) is -0.385. The second-order valence-corrected chi connectivity index (χ2v) is 8.00. The highest BCUT2D eigenvalue weighted by Gasteiger charge is 2.40. The maximum absolute atomic E-state index is 13.0. The van der Waals surface area contributed by atoms with Gasteiger partial charge in [0.1, 0.15) is 5.41 Å². The minimum absolute atomic E-state index is 0.114. The summed E-state index contributed by atoms with van der Waals surface area (Å²) in [6.45, 7) is 9.22. The van der Waals surface area contributed by atoms with E-state index in [0.717, 1.165) is 25.2 Å². The fraction of sp³-hybridized carbons (Fsp3) is 0.391. The fourth-order valence-electron chi connectivity index (χ4n) is 3.37. The average molecular weight is 380 g/mol. The van der Waals surface area contributed by atoms with Crippen LogP contribution in [0.25, 0.3) is 0 Å². The Morgan fingerprint density at radius 3 is 2.14 bits per heavy atom. The van der Waals surface area contributed by atoms with E-state index in [4.69, 9.17) is 0 Å². The lowest BCUT2D eigenvalue weighted by atomic mass is 9.89. The van der Waals surface area contributed by atoms with Crippen molar-refractivity contribution >= 4 is 17.5 Å². The molecule has 2 aromatic rings. The van der Waals surface area contributed by atoms with Crippen LogP contribution in [-0.2, 0) is 16.1 Å². The van der Waals surface area contributed by atoms with E-state index < -0.39 is 5.41 Å². The van der Waals surface area contributed by atoms with Crippen molar-refractivity contribution in [2.75, 3.05) is 31.5 Å². The molecule has 0 atom stereocenters. The molecule has 1 saturated heterocycles. The summed E-state index contributed by atoms with van der Waals surface area (Å²) in [6.07, 6.45) is 0. The maximum atomic E-state index is 13.0. The molecule has 148 valence electrons. The van der Waals surface area contributed by atoms with Crippen molar-refractivity contribution in [2.45, 2.75) is 27.3 Å². The van der Waals surface area contributed by atoms with Crippen molar-refractivity contribution in [1.82, 2.24) is 9.80 Å². The molecule has 0 aromatic heterocycles. The smallest absolute Gasteiger partial charge is 0.239 e. The summed E-state index contributed by atoms with van der Waals surface area (Å²) in [7, 11) is 0. The summed E-state index contributed by atoms with van der Waals surface area (Å²) >= 11 is 0. The van der Waals surface area contributed by atoms with E-state index >= 15 is 0 Å². The van der Waals surface area contributed by atoms with Crippen molar-refractivity contribution in [3.63, 3.8) is 0 Å². The predicted molar refractivity (Wildman–Crippen MR) is 112 cm³/mol. The number of carbonyl (C=O) groups is 2.